The van der Waals surface area contributed by atoms with Gasteiger partial charge in [-0.2, -0.15) is 0 Å². The Hall–Kier alpha value is -2.05. The highest BCUT2D eigenvalue weighted by Gasteiger charge is 2.21. The van der Waals surface area contributed by atoms with Crippen molar-refractivity contribution < 1.29 is 19.4 Å². The van der Waals surface area contributed by atoms with Gasteiger partial charge in [0.2, 0.25) is 0 Å². The summed E-state index contributed by atoms with van der Waals surface area (Å²) in [6.45, 7) is 1.44. The lowest BCUT2D eigenvalue weighted by Gasteiger charge is -2.14. The second-order valence-electron chi connectivity index (χ2n) is 4.71. The van der Waals surface area contributed by atoms with Gasteiger partial charge in [0.25, 0.3) is 5.91 Å². The molecule has 2 N–H and O–H groups in total. The summed E-state index contributed by atoms with van der Waals surface area (Å²) in [5.41, 5.74) is 0.470. The van der Waals surface area contributed by atoms with Gasteiger partial charge in [-0.3, -0.25) is 4.79 Å². The summed E-state index contributed by atoms with van der Waals surface area (Å²) < 4.78 is 5.68. The summed E-state index contributed by atoms with van der Waals surface area (Å²) in [7, 11) is 0. The Morgan fingerprint density at radius 3 is 2.70 bits per heavy atom. The Labute approximate surface area is 146 Å². The Balaban J connectivity index is 2.03. The predicted molar refractivity (Wildman–Crippen MR) is 90.8 cm³/mol. The highest BCUT2D eigenvalue weighted by molar-refractivity contribution is 9.10. The molecule has 120 valence electrons. The normalized spacial score (nSPS) is 11.6. The van der Waals surface area contributed by atoms with Gasteiger partial charge in [0.05, 0.1) is 0 Å². The van der Waals surface area contributed by atoms with Gasteiger partial charge < -0.3 is 15.2 Å². The number of benzene rings is 2. The van der Waals surface area contributed by atoms with Crippen molar-refractivity contribution in [2.45, 2.75) is 13.0 Å². The molecule has 0 saturated heterocycles. The molecule has 0 spiro atoms. The molecule has 5 nitrogen and oxygen atoms in total. The van der Waals surface area contributed by atoms with E-state index in [1.807, 2.05) is 0 Å². The van der Waals surface area contributed by atoms with E-state index in [1.54, 1.807) is 30.3 Å². The van der Waals surface area contributed by atoms with Gasteiger partial charge in [-0.25, -0.2) is 4.79 Å². The summed E-state index contributed by atoms with van der Waals surface area (Å²) >= 11 is 9.04. The van der Waals surface area contributed by atoms with Crippen LogP contribution in [0.3, 0.4) is 0 Å². The quantitative estimate of drug-likeness (QED) is 0.764. The Bertz CT molecular complexity index is 751. The first kappa shape index (κ1) is 17.3. The van der Waals surface area contributed by atoms with E-state index in [2.05, 4.69) is 21.2 Å². The van der Waals surface area contributed by atoms with Crippen LogP contribution in [0.4, 0.5) is 5.69 Å². The third-order valence-electron chi connectivity index (χ3n) is 2.92. The molecule has 0 radical (unpaired) electrons. The van der Waals surface area contributed by atoms with E-state index in [4.69, 9.17) is 16.3 Å². The molecule has 0 bridgehead atoms. The molecule has 0 heterocycles. The molecule has 0 aromatic heterocycles. The molecular weight excluding hydrogens is 386 g/mol. The SMILES string of the molecule is C[C@H](OC(=O)c1cc(Br)ccc1O)C(=O)Nc1cccc(Cl)c1. The minimum absolute atomic E-state index is 0.0261. The van der Waals surface area contributed by atoms with Gasteiger partial charge in [-0.1, -0.05) is 33.6 Å². The number of carbonyl (C=O) groups excluding carboxylic acids is 2. The summed E-state index contributed by atoms with van der Waals surface area (Å²) in [5.74, 6) is -1.52. The molecule has 7 heteroatoms. The first-order chi connectivity index (χ1) is 10.9. The molecule has 2 aromatic carbocycles. The van der Waals surface area contributed by atoms with Crippen molar-refractivity contribution in [3.05, 3.63) is 57.5 Å². The van der Waals surface area contributed by atoms with Gasteiger partial charge in [0.15, 0.2) is 6.10 Å². The zero-order valence-electron chi connectivity index (χ0n) is 12.0. The van der Waals surface area contributed by atoms with Crippen LogP contribution in [0.2, 0.25) is 5.02 Å². The van der Waals surface area contributed by atoms with E-state index in [1.165, 1.54) is 19.1 Å². The molecule has 1 amide bonds. The van der Waals surface area contributed by atoms with E-state index in [-0.39, 0.29) is 11.3 Å². The molecule has 0 fully saturated rings. The lowest BCUT2D eigenvalue weighted by molar-refractivity contribution is -0.123. The fourth-order valence-electron chi connectivity index (χ4n) is 1.76. The monoisotopic (exact) mass is 397 g/mol. The smallest absolute Gasteiger partial charge is 0.342 e. The number of ether oxygens (including phenoxy) is 1. The van der Waals surface area contributed by atoms with Gasteiger partial charge in [-0.15, -0.1) is 0 Å². The average molecular weight is 399 g/mol. The third-order valence-corrected chi connectivity index (χ3v) is 3.65. The molecular formula is C16H13BrClNO4. The number of amides is 1. The fraction of sp³-hybridized carbons (Fsp3) is 0.125. The first-order valence-electron chi connectivity index (χ1n) is 6.63. The largest absolute Gasteiger partial charge is 0.507 e. The molecule has 0 saturated carbocycles. The summed E-state index contributed by atoms with van der Waals surface area (Å²) in [6, 6.07) is 11.0. The van der Waals surface area contributed by atoms with Gasteiger partial charge >= 0.3 is 5.97 Å². The maximum Gasteiger partial charge on any atom is 0.342 e. The third kappa shape index (κ3) is 4.71. The first-order valence-corrected chi connectivity index (χ1v) is 7.80. The lowest BCUT2D eigenvalue weighted by Crippen LogP contribution is -2.30. The molecule has 0 aliphatic rings. The summed E-state index contributed by atoms with van der Waals surface area (Å²) in [4.78, 5) is 24.1. The molecule has 23 heavy (non-hydrogen) atoms. The Morgan fingerprint density at radius 1 is 1.26 bits per heavy atom. The van der Waals surface area contributed by atoms with Crippen molar-refractivity contribution in [1.82, 2.24) is 0 Å². The molecule has 1 atom stereocenters. The summed E-state index contributed by atoms with van der Waals surface area (Å²) in [6.07, 6.45) is -1.04. The lowest BCUT2D eigenvalue weighted by atomic mass is 10.2. The van der Waals surface area contributed by atoms with Crippen molar-refractivity contribution in [3.8, 4) is 5.75 Å². The topological polar surface area (TPSA) is 75.6 Å². The number of anilines is 1. The van der Waals surface area contributed by atoms with Crippen molar-refractivity contribution in [3.63, 3.8) is 0 Å². The van der Waals surface area contributed by atoms with Crippen LogP contribution in [-0.4, -0.2) is 23.1 Å². The van der Waals surface area contributed by atoms with Crippen LogP contribution in [0.1, 0.15) is 17.3 Å². The predicted octanol–water partition coefficient (Wildman–Crippen LogP) is 3.99. The van der Waals surface area contributed by atoms with Gasteiger partial charge in [-0.05, 0) is 43.3 Å². The van der Waals surface area contributed by atoms with Crippen LogP contribution >= 0.6 is 27.5 Å². The van der Waals surface area contributed by atoms with Crippen molar-refractivity contribution in [2.75, 3.05) is 5.32 Å². The molecule has 0 aliphatic heterocycles. The number of hydrogen-bond donors (Lipinski definition) is 2. The Morgan fingerprint density at radius 2 is 2.00 bits per heavy atom. The Kier molecular flexibility index (Phi) is 5.63. The number of hydrogen-bond acceptors (Lipinski definition) is 4. The standard InChI is InChI=1S/C16H13BrClNO4/c1-9(15(21)19-12-4-2-3-11(18)8-12)23-16(22)13-7-10(17)5-6-14(13)20/h2-9,20H,1H3,(H,19,21)/t9-/m0/s1. The van der Waals surface area contributed by atoms with E-state index in [0.717, 1.165) is 0 Å². The minimum Gasteiger partial charge on any atom is -0.507 e. The number of halogens is 2. The number of phenolic OH excluding ortho intramolecular Hbond substituents is 1. The van der Waals surface area contributed by atoms with E-state index >= 15 is 0 Å². The second kappa shape index (κ2) is 7.48. The highest BCUT2D eigenvalue weighted by Crippen LogP contribution is 2.23. The van der Waals surface area contributed by atoms with Crippen LogP contribution in [0, 0.1) is 0 Å². The van der Waals surface area contributed by atoms with Crippen molar-refractivity contribution in [1.29, 1.82) is 0 Å². The number of aromatic hydroxyl groups is 1. The fourth-order valence-corrected chi connectivity index (χ4v) is 2.31. The average Bonchev–Trinajstić information content (AvgIpc) is 2.49. The number of phenols is 1. The van der Waals surface area contributed by atoms with Crippen molar-refractivity contribution >= 4 is 45.1 Å². The second-order valence-corrected chi connectivity index (χ2v) is 6.06. The van der Waals surface area contributed by atoms with E-state index in [0.29, 0.717) is 15.2 Å². The maximum absolute atomic E-state index is 12.0. The van der Waals surface area contributed by atoms with Gasteiger partial charge in [0, 0.05) is 15.2 Å². The van der Waals surface area contributed by atoms with Crippen molar-refractivity contribution in [2.24, 2.45) is 0 Å². The molecule has 2 aromatic rings. The number of esters is 1. The van der Waals surface area contributed by atoms with Crippen LogP contribution in [0.25, 0.3) is 0 Å². The van der Waals surface area contributed by atoms with E-state index in [9.17, 15) is 14.7 Å². The molecule has 0 unspecified atom stereocenters. The highest BCUT2D eigenvalue weighted by atomic mass is 79.9. The molecule has 0 aliphatic carbocycles. The molecule has 2 rings (SSSR count). The number of carbonyl (C=O) groups is 2. The zero-order valence-corrected chi connectivity index (χ0v) is 14.4. The van der Waals surface area contributed by atoms with Crippen LogP contribution in [0.15, 0.2) is 46.9 Å². The minimum atomic E-state index is -1.04. The van der Waals surface area contributed by atoms with Crippen LogP contribution in [0.5, 0.6) is 5.75 Å². The number of rotatable bonds is 4. The summed E-state index contributed by atoms with van der Waals surface area (Å²) in [5, 5.41) is 12.8. The van der Waals surface area contributed by atoms with Crippen LogP contribution in [-0.2, 0) is 9.53 Å². The maximum atomic E-state index is 12.0. The van der Waals surface area contributed by atoms with Gasteiger partial charge in [0.1, 0.15) is 11.3 Å². The van der Waals surface area contributed by atoms with E-state index < -0.39 is 18.0 Å². The number of nitrogens with one attached hydrogen (secondary N) is 1. The zero-order chi connectivity index (χ0) is 17.0. The van der Waals surface area contributed by atoms with Crippen LogP contribution < -0.4 is 5.32 Å².